The predicted molar refractivity (Wildman–Crippen MR) is 93.1 cm³/mol. The zero-order valence-corrected chi connectivity index (χ0v) is 14.0. The summed E-state index contributed by atoms with van der Waals surface area (Å²) in [5.41, 5.74) is 15.0. The van der Waals surface area contributed by atoms with Gasteiger partial charge in [-0.2, -0.15) is 0 Å². The highest BCUT2D eigenvalue weighted by Gasteiger charge is 2.17. The van der Waals surface area contributed by atoms with E-state index in [9.17, 15) is 4.79 Å². The van der Waals surface area contributed by atoms with E-state index in [0.29, 0.717) is 23.6 Å². The molecule has 0 fully saturated rings. The standard InChI is InChI=1S/C18H22N2O4/c1-22-15-5-4-6-16(23-2)17(15)12-8-7-11(9-13(12)19)10-14(20)18(21)24-3/h4-9,14H,10,19-20H2,1-3H3/t14-/m0/s1. The van der Waals surface area contributed by atoms with Crippen LogP contribution < -0.4 is 20.9 Å². The summed E-state index contributed by atoms with van der Waals surface area (Å²) in [6, 6.07) is 10.4. The summed E-state index contributed by atoms with van der Waals surface area (Å²) in [4.78, 5) is 11.4. The third-order valence-electron chi connectivity index (χ3n) is 3.77. The van der Waals surface area contributed by atoms with Gasteiger partial charge in [-0.1, -0.05) is 18.2 Å². The van der Waals surface area contributed by atoms with Crippen molar-refractivity contribution in [2.75, 3.05) is 27.1 Å². The Balaban J connectivity index is 2.39. The summed E-state index contributed by atoms with van der Waals surface area (Å²) in [6.07, 6.45) is 0.347. The zero-order chi connectivity index (χ0) is 17.7. The van der Waals surface area contributed by atoms with E-state index in [-0.39, 0.29) is 0 Å². The fourth-order valence-electron chi connectivity index (χ4n) is 2.57. The number of nitrogen functional groups attached to an aromatic ring is 1. The topological polar surface area (TPSA) is 96.8 Å². The first kappa shape index (κ1) is 17.6. The molecule has 0 aliphatic carbocycles. The van der Waals surface area contributed by atoms with Crippen LogP contribution in [0.1, 0.15) is 5.56 Å². The molecule has 0 radical (unpaired) electrons. The van der Waals surface area contributed by atoms with Crippen LogP contribution in [0.2, 0.25) is 0 Å². The molecule has 0 aromatic heterocycles. The van der Waals surface area contributed by atoms with Crippen LogP contribution in [0.4, 0.5) is 5.69 Å². The first-order valence-electron chi connectivity index (χ1n) is 7.45. The number of ether oxygens (including phenoxy) is 3. The first-order valence-corrected chi connectivity index (χ1v) is 7.45. The van der Waals surface area contributed by atoms with E-state index < -0.39 is 12.0 Å². The third kappa shape index (κ3) is 3.60. The summed E-state index contributed by atoms with van der Waals surface area (Å²) in [7, 11) is 4.50. The molecule has 0 aliphatic rings. The molecule has 6 heteroatoms. The molecule has 0 bridgehead atoms. The number of hydrogen-bond donors (Lipinski definition) is 2. The number of rotatable bonds is 6. The maximum atomic E-state index is 11.4. The van der Waals surface area contributed by atoms with Gasteiger partial charge < -0.3 is 25.7 Å². The normalized spacial score (nSPS) is 11.7. The molecule has 0 saturated heterocycles. The molecule has 0 aliphatic heterocycles. The number of carbonyl (C=O) groups excluding carboxylic acids is 1. The first-order chi connectivity index (χ1) is 11.5. The summed E-state index contributed by atoms with van der Waals surface area (Å²) in [5, 5.41) is 0. The Kier molecular flexibility index (Phi) is 5.65. The second-order valence-electron chi connectivity index (χ2n) is 5.29. The van der Waals surface area contributed by atoms with Crippen molar-refractivity contribution in [2.24, 2.45) is 5.73 Å². The van der Waals surface area contributed by atoms with E-state index in [4.69, 9.17) is 20.9 Å². The molecule has 2 rings (SSSR count). The van der Waals surface area contributed by atoms with E-state index in [1.165, 1.54) is 7.11 Å². The van der Waals surface area contributed by atoms with Crippen LogP contribution in [-0.4, -0.2) is 33.3 Å². The summed E-state index contributed by atoms with van der Waals surface area (Å²) >= 11 is 0. The minimum absolute atomic E-state index is 0.347. The zero-order valence-electron chi connectivity index (χ0n) is 14.0. The summed E-state index contributed by atoms with van der Waals surface area (Å²) in [5.74, 6) is 0.879. The van der Waals surface area contributed by atoms with Crippen LogP contribution in [0.3, 0.4) is 0 Å². The number of nitrogens with two attached hydrogens (primary N) is 2. The predicted octanol–water partition coefficient (Wildman–Crippen LogP) is 2.00. The van der Waals surface area contributed by atoms with Crippen molar-refractivity contribution in [3.05, 3.63) is 42.0 Å². The third-order valence-corrected chi connectivity index (χ3v) is 3.77. The summed E-state index contributed by atoms with van der Waals surface area (Å²) < 4.78 is 15.5. The fourth-order valence-corrected chi connectivity index (χ4v) is 2.57. The maximum Gasteiger partial charge on any atom is 0.322 e. The van der Waals surface area contributed by atoms with E-state index in [0.717, 1.165) is 16.7 Å². The van der Waals surface area contributed by atoms with Crippen molar-refractivity contribution in [2.45, 2.75) is 12.5 Å². The SMILES string of the molecule is COC(=O)[C@@H](N)Cc1ccc(-c2c(OC)cccc2OC)c(N)c1. The van der Waals surface area contributed by atoms with E-state index in [1.54, 1.807) is 20.3 Å². The molecule has 1 atom stereocenters. The molecule has 24 heavy (non-hydrogen) atoms. The van der Waals surface area contributed by atoms with Crippen molar-refractivity contribution >= 4 is 11.7 Å². The van der Waals surface area contributed by atoms with E-state index in [2.05, 4.69) is 4.74 Å². The Bertz CT molecular complexity index is 709. The van der Waals surface area contributed by atoms with Crippen LogP contribution in [-0.2, 0) is 16.0 Å². The van der Waals surface area contributed by atoms with Crippen LogP contribution in [0, 0.1) is 0 Å². The monoisotopic (exact) mass is 330 g/mol. The average molecular weight is 330 g/mol. The lowest BCUT2D eigenvalue weighted by Gasteiger charge is -2.16. The number of esters is 1. The molecule has 0 unspecified atom stereocenters. The maximum absolute atomic E-state index is 11.4. The molecule has 0 saturated carbocycles. The highest BCUT2D eigenvalue weighted by atomic mass is 16.5. The number of hydrogen-bond acceptors (Lipinski definition) is 6. The number of methoxy groups -OCH3 is 3. The van der Waals surface area contributed by atoms with Crippen molar-refractivity contribution in [3.63, 3.8) is 0 Å². The Morgan fingerprint density at radius 1 is 1.08 bits per heavy atom. The lowest BCUT2D eigenvalue weighted by molar-refractivity contribution is -0.142. The molecule has 0 amide bonds. The Hall–Kier alpha value is -2.73. The molecule has 2 aromatic carbocycles. The minimum Gasteiger partial charge on any atom is -0.496 e. The number of carbonyl (C=O) groups is 1. The van der Waals surface area contributed by atoms with Crippen molar-refractivity contribution in [1.82, 2.24) is 0 Å². The molecular formula is C18H22N2O4. The van der Waals surface area contributed by atoms with Crippen molar-refractivity contribution < 1.29 is 19.0 Å². The Labute approximate surface area is 141 Å². The van der Waals surface area contributed by atoms with Crippen molar-refractivity contribution in [1.29, 1.82) is 0 Å². The molecule has 0 spiro atoms. The second kappa shape index (κ2) is 7.70. The Morgan fingerprint density at radius 2 is 1.71 bits per heavy atom. The highest BCUT2D eigenvalue weighted by Crippen LogP contribution is 2.41. The molecule has 128 valence electrons. The molecular weight excluding hydrogens is 308 g/mol. The number of benzene rings is 2. The van der Waals surface area contributed by atoms with Gasteiger partial charge >= 0.3 is 5.97 Å². The largest absolute Gasteiger partial charge is 0.496 e. The van der Waals surface area contributed by atoms with Gasteiger partial charge in [0.25, 0.3) is 0 Å². The Morgan fingerprint density at radius 3 is 2.21 bits per heavy atom. The summed E-state index contributed by atoms with van der Waals surface area (Å²) in [6.45, 7) is 0. The molecule has 0 heterocycles. The van der Waals surface area contributed by atoms with Gasteiger partial charge in [0.15, 0.2) is 0 Å². The van der Waals surface area contributed by atoms with Gasteiger partial charge in [-0.15, -0.1) is 0 Å². The van der Waals surface area contributed by atoms with Gasteiger partial charge in [0.05, 0.1) is 26.9 Å². The van der Waals surface area contributed by atoms with Crippen LogP contribution in [0.15, 0.2) is 36.4 Å². The van der Waals surface area contributed by atoms with E-state index in [1.807, 2.05) is 30.3 Å². The highest BCUT2D eigenvalue weighted by molar-refractivity contribution is 5.85. The van der Waals surface area contributed by atoms with Crippen LogP contribution >= 0.6 is 0 Å². The van der Waals surface area contributed by atoms with Gasteiger partial charge in [0, 0.05) is 11.3 Å². The number of anilines is 1. The van der Waals surface area contributed by atoms with Crippen LogP contribution in [0.25, 0.3) is 11.1 Å². The van der Waals surface area contributed by atoms with E-state index >= 15 is 0 Å². The van der Waals surface area contributed by atoms with Gasteiger partial charge in [-0.05, 0) is 30.2 Å². The lowest BCUT2D eigenvalue weighted by atomic mass is 9.97. The fraction of sp³-hybridized carbons (Fsp3) is 0.278. The van der Waals surface area contributed by atoms with Gasteiger partial charge in [0.2, 0.25) is 0 Å². The van der Waals surface area contributed by atoms with Gasteiger partial charge in [0.1, 0.15) is 17.5 Å². The smallest absolute Gasteiger partial charge is 0.322 e. The van der Waals surface area contributed by atoms with Gasteiger partial charge in [-0.25, -0.2) is 0 Å². The quantitative estimate of drug-likeness (QED) is 0.621. The van der Waals surface area contributed by atoms with Crippen molar-refractivity contribution in [3.8, 4) is 22.6 Å². The lowest BCUT2D eigenvalue weighted by Crippen LogP contribution is -2.33. The molecule has 2 aromatic rings. The molecule has 4 N–H and O–H groups in total. The minimum atomic E-state index is -0.721. The second-order valence-corrected chi connectivity index (χ2v) is 5.29. The van der Waals surface area contributed by atoms with Crippen LogP contribution in [0.5, 0.6) is 11.5 Å². The average Bonchev–Trinajstić information content (AvgIpc) is 2.60. The van der Waals surface area contributed by atoms with Gasteiger partial charge in [-0.3, -0.25) is 4.79 Å². The molecule has 6 nitrogen and oxygen atoms in total.